The fourth-order valence-electron chi connectivity index (χ4n) is 3.52. The van der Waals surface area contributed by atoms with Gasteiger partial charge in [0, 0.05) is 17.8 Å². The quantitative estimate of drug-likeness (QED) is 0.467. The topological polar surface area (TPSA) is 89.7 Å². The Morgan fingerprint density at radius 1 is 1.27 bits per heavy atom. The second kappa shape index (κ2) is 7.92. The van der Waals surface area contributed by atoms with E-state index in [2.05, 4.69) is 31.4 Å². The van der Waals surface area contributed by atoms with Crippen molar-refractivity contribution in [1.82, 2.24) is 31.7 Å². The van der Waals surface area contributed by atoms with E-state index in [1.165, 1.54) is 12.1 Å². The number of carbonyl (C=O) groups excluding carboxylic acids is 1. The summed E-state index contributed by atoms with van der Waals surface area (Å²) < 4.78 is 42.5. The number of hydrogen-bond donors (Lipinski definition) is 5. The second-order valence-corrected chi connectivity index (χ2v) is 6.89. The Morgan fingerprint density at radius 3 is 2.80 bits per heavy atom. The van der Waals surface area contributed by atoms with Gasteiger partial charge >= 0.3 is 6.36 Å². The van der Waals surface area contributed by atoms with Crippen LogP contribution in [0.3, 0.4) is 0 Å². The largest absolute Gasteiger partial charge is 0.573 e. The Labute approximate surface area is 170 Å². The van der Waals surface area contributed by atoms with Gasteiger partial charge < -0.3 is 20.7 Å². The van der Waals surface area contributed by atoms with E-state index in [9.17, 15) is 18.0 Å². The van der Waals surface area contributed by atoms with Crippen LogP contribution in [0.5, 0.6) is 5.75 Å². The van der Waals surface area contributed by atoms with Gasteiger partial charge in [-0.25, -0.2) is 5.43 Å². The number of para-hydroxylation sites is 1. The SMILES string of the molecule is CC1=C(C(=O)NC2=CCNCN2)N2NC(c3ccccc3OC(F)(F)F)C=CC2N1. The summed E-state index contributed by atoms with van der Waals surface area (Å²) in [5.41, 5.74) is 4.42. The number of amides is 1. The first-order valence-corrected chi connectivity index (χ1v) is 9.34. The number of carbonyl (C=O) groups is 1. The van der Waals surface area contributed by atoms with E-state index < -0.39 is 12.4 Å². The molecule has 3 aliphatic heterocycles. The number of nitrogens with zero attached hydrogens (tertiary/aromatic N) is 1. The van der Waals surface area contributed by atoms with E-state index >= 15 is 0 Å². The van der Waals surface area contributed by atoms with E-state index in [0.717, 1.165) is 0 Å². The summed E-state index contributed by atoms with van der Waals surface area (Å²) in [5.74, 6) is -0.0476. The van der Waals surface area contributed by atoms with E-state index in [1.807, 2.05) is 6.08 Å². The third-order valence-electron chi connectivity index (χ3n) is 4.80. The Bertz CT molecular complexity index is 927. The van der Waals surface area contributed by atoms with Gasteiger partial charge in [0.25, 0.3) is 5.91 Å². The number of hydrogen-bond acceptors (Lipinski definition) is 7. The molecule has 4 rings (SSSR count). The summed E-state index contributed by atoms with van der Waals surface area (Å²) >= 11 is 0. The number of halogens is 3. The van der Waals surface area contributed by atoms with Gasteiger partial charge in [-0.3, -0.25) is 15.1 Å². The normalized spacial score (nSPS) is 23.3. The lowest BCUT2D eigenvalue weighted by molar-refractivity contribution is -0.275. The zero-order valence-corrected chi connectivity index (χ0v) is 16.0. The summed E-state index contributed by atoms with van der Waals surface area (Å²) in [7, 11) is 0. The van der Waals surface area contributed by atoms with Crippen LogP contribution in [0, 0.1) is 0 Å². The van der Waals surface area contributed by atoms with Crippen molar-refractivity contribution in [3.8, 4) is 5.75 Å². The zero-order chi connectivity index (χ0) is 21.3. The molecule has 2 unspecified atom stereocenters. The monoisotopic (exact) mass is 422 g/mol. The highest BCUT2D eigenvalue weighted by molar-refractivity contribution is 5.95. The third-order valence-corrected chi connectivity index (χ3v) is 4.80. The van der Waals surface area contributed by atoms with Gasteiger partial charge in [0.2, 0.25) is 0 Å². The van der Waals surface area contributed by atoms with Crippen LogP contribution in [-0.2, 0) is 4.79 Å². The number of rotatable bonds is 4. The number of nitrogens with one attached hydrogen (secondary N) is 5. The molecule has 1 aromatic rings. The lowest BCUT2D eigenvalue weighted by Gasteiger charge is -2.35. The van der Waals surface area contributed by atoms with Crippen molar-refractivity contribution in [3.05, 3.63) is 65.3 Å². The summed E-state index contributed by atoms with van der Waals surface area (Å²) in [4.78, 5) is 12.9. The van der Waals surface area contributed by atoms with E-state index in [1.54, 1.807) is 36.2 Å². The van der Waals surface area contributed by atoms with Crippen molar-refractivity contribution in [3.63, 3.8) is 0 Å². The molecule has 30 heavy (non-hydrogen) atoms. The standard InChI is InChI=1S/C19H21F3N6O2/c1-11-17(18(29)26-15-8-9-23-10-24-15)28-16(25-11)7-6-13(27-28)12-4-2-3-5-14(12)30-19(20,21)22/h2-8,13,16,23-25,27H,9-10H2,1H3,(H,26,29). The Morgan fingerprint density at radius 2 is 2.07 bits per heavy atom. The summed E-state index contributed by atoms with van der Waals surface area (Å²) in [6, 6.07) is 5.29. The average Bonchev–Trinajstić information content (AvgIpc) is 3.03. The van der Waals surface area contributed by atoms with Crippen molar-refractivity contribution >= 4 is 5.91 Å². The molecule has 0 saturated carbocycles. The lowest BCUT2D eigenvalue weighted by atomic mass is 10.0. The first kappa shape index (κ1) is 20.1. The first-order valence-electron chi connectivity index (χ1n) is 9.34. The predicted octanol–water partition coefficient (Wildman–Crippen LogP) is 1.27. The molecule has 1 amide bonds. The minimum absolute atomic E-state index is 0.298. The van der Waals surface area contributed by atoms with Crippen LogP contribution in [-0.4, -0.2) is 36.7 Å². The van der Waals surface area contributed by atoms with Crippen molar-refractivity contribution in [2.45, 2.75) is 25.5 Å². The number of ether oxygens (including phenoxy) is 1. The van der Waals surface area contributed by atoms with Crippen LogP contribution in [0.4, 0.5) is 13.2 Å². The van der Waals surface area contributed by atoms with Crippen molar-refractivity contribution in [1.29, 1.82) is 0 Å². The van der Waals surface area contributed by atoms with Gasteiger partial charge in [-0.2, -0.15) is 0 Å². The van der Waals surface area contributed by atoms with E-state index in [0.29, 0.717) is 36.0 Å². The molecule has 0 aromatic heterocycles. The molecule has 3 heterocycles. The Hall–Kier alpha value is -3.18. The minimum atomic E-state index is -4.80. The number of allylic oxidation sites excluding steroid dienone is 1. The van der Waals surface area contributed by atoms with Gasteiger partial charge in [0.1, 0.15) is 23.4 Å². The van der Waals surface area contributed by atoms with Crippen molar-refractivity contribution in [2.75, 3.05) is 13.2 Å². The third kappa shape index (κ3) is 4.21. The molecule has 11 heteroatoms. The predicted molar refractivity (Wildman–Crippen MR) is 102 cm³/mol. The molecule has 0 bridgehead atoms. The molecular weight excluding hydrogens is 401 g/mol. The number of benzene rings is 1. The molecule has 2 atom stereocenters. The fraction of sp³-hybridized carbons (Fsp3) is 0.316. The molecule has 3 aliphatic rings. The molecule has 5 N–H and O–H groups in total. The van der Waals surface area contributed by atoms with Crippen LogP contribution in [0.15, 0.2) is 59.7 Å². The summed E-state index contributed by atoms with van der Waals surface area (Å²) in [6.07, 6.45) is 0.194. The van der Waals surface area contributed by atoms with E-state index in [-0.39, 0.29) is 17.8 Å². The molecule has 0 fully saturated rings. The van der Waals surface area contributed by atoms with Crippen LogP contribution < -0.4 is 31.4 Å². The van der Waals surface area contributed by atoms with Gasteiger partial charge in [-0.15, -0.1) is 13.2 Å². The summed E-state index contributed by atoms with van der Waals surface area (Å²) in [5, 5.41) is 13.7. The van der Waals surface area contributed by atoms with Crippen LogP contribution in [0.1, 0.15) is 18.5 Å². The first-order chi connectivity index (χ1) is 14.3. The van der Waals surface area contributed by atoms with E-state index in [4.69, 9.17) is 0 Å². The molecule has 8 nitrogen and oxygen atoms in total. The zero-order valence-electron chi connectivity index (χ0n) is 16.0. The van der Waals surface area contributed by atoms with Gasteiger partial charge in [-0.1, -0.05) is 24.3 Å². The van der Waals surface area contributed by atoms with Crippen LogP contribution in [0.2, 0.25) is 0 Å². The maximum absolute atomic E-state index is 12.9. The fourth-order valence-corrected chi connectivity index (χ4v) is 3.52. The number of hydrazine groups is 1. The van der Waals surface area contributed by atoms with Crippen LogP contribution in [0.25, 0.3) is 0 Å². The molecule has 0 aliphatic carbocycles. The lowest BCUT2D eigenvalue weighted by Crippen LogP contribution is -2.51. The maximum atomic E-state index is 12.9. The number of fused-ring (bicyclic) bond motifs is 1. The van der Waals surface area contributed by atoms with Gasteiger partial charge in [0.15, 0.2) is 0 Å². The molecule has 1 aromatic carbocycles. The van der Waals surface area contributed by atoms with Crippen LogP contribution >= 0.6 is 0 Å². The highest BCUT2D eigenvalue weighted by Gasteiger charge is 2.38. The highest BCUT2D eigenvalue weighted by Crippen LogP contribution is 2.34. The molecule has 0 saturated heterocycles. The summed E-state index contributed by atoms with van der Waals surface area (Å²) in [6.45, 7) is 2.93. The van der Waals surface area contributed by atoms with Crippen molar-refractivity contribution < 1.29 is 22.7 Å². The minimum Gasteiger partial charge on any atom is -0.405 e. The molecule has 160 valence electrons. The smallest absolute Gasteiger partial charge is 0.405 e. The van der Waals surface area contributed by atoms with Gasteiger partial charge in [0.05, 0.1) is 12.7 Å². The number of alkyl halides is 3. The Balaban J connectivity index is 1.55. The molecule has 0 radical (unpaired) electrons. The average molecular weight is 422 g/mol. The highest BCUT2D eigenvalue weighted by atomic mass is 19.4. The van der Waals surface area contributed by atoms with Gasteiger partial charge in [-0.05, 0) is 25.1 Å². The Kier molecular flexibility index (Phi) is 5.31. The molecule has 0 spiro atoms. The van der Waals surface area contributed by atoms with Crippen molar-refractivity contribution in [2.24, 2.45) is 0 Å². The maximum Gasteiger partial charge on any atom is 0.573 e. The second-order valence-electron chi connectivity index (χ2n) is 6.89. The molecular formula is C19H21F3N6O2.